The Balaban J connectivity index is 1.90. The van der Waals surface area contributed by atoms with Crippen molar-refractivity contribution in [1.29, 1.82) is 0 Å². The number of anilines is 2. The average molecular weight is 275 g/mol. The fourth-order valence-corrected chi connectivity index (χ4v) is 2.40. The molecular formula is C14H17N3OS. The predicted molar refractivity (Wildman–Crippen MR) is 79.6 cm³/mol. The fraction of sp³-hybridized carbons (Fsp3) is 0.286. The zero-order valence-electron chi connectivity index (χ0n) is 11.1. The summed E-state index contributed by atoms with van der Waals surface area (Å²) in [6, 6.07) is 7.64. The second kappa shape index (κ2) is 6.33. The van der Waals surface area contributed by atoms with Gasteiger partial charge in [0.15, 0.2) is 0 Å². The second-order valence-electron chi connectivity index (χ2n) is 4.20. The highest BCUT2D eigenvalue weighted by Crippen LogP contribution is 2.15. The van der Waals surface area contributed by atoms with Crippen molar-refractivity contribution >= 4 is 28.6 Å². The lowest BCUT2D eigenvalue weighted by molar-refractivity contribution is -0.114. The van der Waals surface area contributed by atoms with Crippen LogP contribution in [0.5, 0.6) is 0 Å². The summed E-state index contributed by atoms with van der Waals surface area (Å²) in [7, 11) is 0. The maximum atomic E-state index is 10.9. The highest BCUT2D eigenvalue weighted by molar-refractivity contribution is 7.09. The van der Waals surface area contributed by atoms with Gasteiger partial charge in [-0.2, -0.15) is 0 Å². The van der Waals surface area contributed by atoms with Crippen LogP contribution in [0.1, 0.15) is 24.5 Å². The van der Waals surface area contributed by atoms with Crippen LogP contribution in [0, 0.1) is 0 Å². The molecule has 0 fully saturated rings. The van der Waals surface area contributed by atoms with Crippen LogP contribution >= 0.6 is 11.3 Å². The van der Waals surface area contributed by atoms with Gasteiger partial charge in [0.1, 0.15) is 0 Å². The van der Waals surface area contributed by atoms with Gasteiger partial charge < -0.3 is 10.6 Å². The number of thiazole rings is 1. The smallest absolute Gasteiger partial charge is 0.221 e. The first-order chi connectivity index (χ1) is 9.17. The van der Waals surface area contributed by atoms with Gasteiger partial charge in [0.2, 0.25) is 5.91 Å². The highest BCUT2D eigenvalue weighted by Gasteiger charge is 2.00. The minimum absolute atomic E-state index is 0.0599. The van der Waals surface area contributed by atoms with E-state index >= 15 is 0 Å². The quantitative estimate of drug-likeness (QED) is 0.880. The molecule has 0 saturated heterocycles. The second-order valence-corrected chi connectivity index (χ2v) is 5.14. The Morgan fingerprint density at radius 2 is 1.95 bits per heavy atom. The van der Waals surface area contributed by atoms with Gasteiger partial charge in [-0.3, -0.25) is 4.79 Å². The number of hydrogen-bond acceptors (Lipinski definition) is 4. The third-order valence-electron chi connectivity index (χ3n) is 2.58. The normalized spacial score (nSPS) is 10.2. The average Bonchev–Trinajstić information content (AvgIpc) is 2.85. The molecule has 0 spiro atoms. The van der Waals surface area contributed by atoms with Crippen LogP contribution in [0.4, 0.5) is 11.4 Å². The number of aryl methyl sites for hydroxylation is 1. The number of benzene rings is 1. The topological polar surface area (TPSA) is 54.0 Å². The molecule has 0 aliphatic carbocycles. The van der Waals surface area contributed by atoms with E-state index in [9.17, 15) is 4.79 Å². The van der Waals surface area contributed by atoms with Crippen molar-refractivity contribution in [2.75, 3.05) is 10.6 Å². The standard InChI is InChI=1S/C14H17N3OS/c1-3-14-17-13(9-19-14)8-15-11-4-6-12(7-5-11)16-10(2)18/h4-7,9,15H,3,8H2,1-2H3,(H,16,18). The van der Waals surface area contributed by atoms with Crippen molar-refractivity contribution < 1.29 is 4.79 Å². The first-order valence-corrected chi connectivity index (χ1v) is 7.10. The number of hydrogen-bond donors (Lipinski definition) is 2. The lowest BCUT2D eigenvalue weighted by Gasteiger charge is -2.06. The summed E-state index contributed by atoms with van der Waals surface area (Å²) in [5, 5.41) is 9.30. The molecule has 0 bridgehead atoms. The first kappa shape index (κ1) is 13.5. The van der Waals surface area contributed by atoms with Gasteiger partial charge in [0, 0.05) is 23.7 Å². The molecule has 1 aromatic carbocycles. The van der Waals surface area contributed by atoms with Gasteiger partial charge >= 0.3 is 0 Å². The van der Waals surface area contributed by atoms with Gasteiger partial charge in [-0.15, -0.1) is 11.3 Å². The highest BCUT2D eigenvalue weighted by atomic mass is 32.1. The van der Waals surface area contributed by atoms with Gasteiger partial charge in [0.05, 0.1) is 17.2 Å². The molecule has 1 amide bonds. The van der Waals surface area contributed by atoms with Crippen LogP contribution in [0.2, 0.25) is 0 Å². The summed E-state index contributed by atoms with van der Waals surface area (Å²) >= 11 is 1.70. The third kappa shape index (κ3) is 4.06. The van der Waals surface area contributed by atoms with Crippen LogP contribution in [0.25, 0.3) is 0 Å². The molecule has 2 N–H and O–H groups in total. The van der Waals surface area contributed by atoms with Crippen molar-refractivity contribution in [3.63, 3.8) is 0 Å². The maximum absolute atomic E-state index is 10.9. The predicted octanol–water partition coefficient (Wildman–Crippen LogP) is 3.28. The molecule has 1 heterocycles. The van der Waals surface area contributed by atoms with E-state index in [1.165, 1.54) is 6.92 Å². The number of carbonyl (C=O) groups is 1. The Labute approximate surface area is 116 Å². The largest absolute Gasteiger partial charge is 0.379 e. The molecule has 5 heteroatoms. The Bertz CT molecular complexity index is 548. The van der Waals surface area contributed by atoms with Crippen LogP contribution < -0.4 is 10.6 Å². The Hall–Kier alpha value is -1.88. The van der Waals surface area contributed by atoms with Crippen molar-refractivity contribution in [3.05, 3.63) is 40.3 Å². The lowest BCUT2D eigenvalue weighted by Crippen LogP contribution is -2.05. The Kier molecular flexibility index (Phi) is 4.52. The molecule has 0 saturated carbocycles. The van der Waals surface area contributed by atoms with Gasteiger partial charge in [-0.25, -0.2) is 4.98 Å². The van der Waals surface area contributed by atoms with Crippen LogP contribution in [0.15, 0.2) is 29.6 Å². The van der Waals surface area contributed by atoms with E-state index in [4.69, 9.17) is 0 Å². The van der Waals surface area contributed by atoms with E-state index in [1.54, 1.807) is 11.3 Å². The molecule has 4 nitrogen and oxygen atoms in total. The number of amides is 1. The minimum atomic E-state index is -0.0599. The number of carbonyl (C=O) groups excluding carboxylic acids is 1. The monoisotopic (exact) mass is 275 g/mol. The van der Waals surface area contributed by atoms with Crippen molar-refractivity contribution in [1.82, 2.24) is 4.98 Å². The third-order valence-corrected chi connectivity index (χ3v) is 3.62. The van der Waals surface area contributed by atoms with E-state index < -0.39 is 0 Å². The number of aromatic nitrogens is 1. The molecule has 19 heavy (non-hydrogen) atoms. The van der Waals surface area contributed by atoms with Crippen LogP contribution in [-0.4, -0.2) is 10.9 Å². The van der Waals surface area contributed by atoms with Gasteiger partial charge in [-0.05, 0) is 30.7 Å². The molecule has 2 rings (SSSR count). The summed E-state index contributed by atoms with van der Waals surface area (Å²) in [5.74, 6) is -0.0599. The molecule has 100 valence electrons. The van der Waals surface area contributed by atoms with Crippen molar-refractivity contribution in [2.45, 2.75) is 26.8 Å². The van der Waals surface area contributed by atoms with E-state index in [0.29, 0.717) is 0 Å². The zero-order chi connectivity index (χ0) is 13.7. The zero-order valence-corrected chi connectivity index (χ0v) is 11.9. The fourth-order valence-electron chi connectivity index (χ4n) is 1.66. The van der Waals surface area contributed by atoms with E-state index in [2.05, 4.69) is 27.9 Å². The van der Waals surface area contributed by atoms with Crippen molar-refractivity contribution in [3.8, 4) is 0 Å². The molecule has 1 aromatic heterocycles. The Morgan fingerprint density at radius 3 is 2.53 bits per heavy atom. The number of nitrogens with one attached hydrogen (secondary N) is 2. The summed E-state index contributed by atoms with van der Waals surface area (Å²) in [6.07, 6.45) is 0.982. The summed E-state index contributed by atoms with van der Waals surface area (Å²) < 4.78 is 0. The summed E-state index contributed by atoms with van der Waals surface area (Å²) in [6.45, 7) is 4.33. The molecule has 0 unspecified atom stereocenters. The van der Waals surface area contributed by atoms with Gasteiger partial charge in [0.25, 0.3) is 0 Å². The van der Waals surface area contributed by atoms with Crippen LogP contribution in [-0.2, 0) is 17.8 Å². The summed E-state index contributed by atoms with van der Waals surface area (Å²) in [4.78, 5) is 15.4. The molecule has 0 atom stereocenters. The number of rotatable bonds is 5. The van der Waals surface area contributed by atoms with E-state index in [1.807, 2.05) is 24.3 Å². The Morgan fingerprint density at radius 1 is 1.26 bits per heavy atom. The maximum Gasteiger partial charge on any atom is 0.221 e. The van der Waals surface area contributed by atoms with Gasteiger partial charge in [-0.1, -0.05) is 6.92 Å². The molecular weight excluding hydrogens is 258 g/mol. The molecule has 0 radical (unpaired) electrons. The number of nitrogens with zero attached hydrogens (tertiary/aromatic N) is 1. The van der Waals surface area contributed by atoms with Crippen molar-refractivity contribution in [2.24, 2.45) is 0 Å². The van der Waals surface area contributed by atoms with E-state index in [0.717, 1.165) is 35.0 Å². The molecule has 0 aliphatic heterocycles. The summed E-state index contributed by atoms with van der Waals surface area (Å²) in [5.41, 5.74) is 2.88. The lowest BCUT2D eigenvalue weighted by atomic mass is 10.2. The molecule has 2 aromatic rings. The van der Waals surface area contributed by atoms with Crippen LogP contribution in [0.3, 0.4) is 0 Å². The molecule has 0 aliphatic rings. The van der Waals surface area contributed by atoms with E-state index in [-0.39, 0.29) is 5.91 Å². The SMILES string of the molecule is CCc1nc(CNc2ccc(NC(C)=O)cc2)cs1. The minimum Gasteiger partial charge on any atom is -0.379 e. The first-order valence-electron chi connectivity index (χ1n) is 6.22.